The molecule has 2 aromatic heterocycles. The second kappa shape index (κ2) is 13.6. The van der Waals surface area contributed by atoms with Gasteiger partial charge >= 0.3 is 24.3 Å². The van der Waals surface area contributed by atoms with Crippen LogP contribution < -0.4 is 4.90 Å². The van der Waals surface area contributed by atoms with Gasteiger partial charge in [-0.3, -0.25) is 14.7 Å². The van der Waals surface area contributed by atoms with Crippen molar-refractivity contribution in [1.29, 1.82) is 0 Å². The number of carbonyl (C=O) groups is 3. The first-order valence-electron chi connectivity index (χ1n) is 10.8. The molecule has 0 aliphatic carbocycles. The number of ether oxygens (including phenoxy) is 2. The first-order valence-corrected chi connectivity index (χ1v) is 11.6. The minimum absolute atomic E-state index is 0.0469. The molecule has 11 nitrogen and oxygen atoms in total. The van der Waals surface area contributed by atoms with E-state index in [0.717, 1.165) is 23.8 Å². The Morgan fingerprint density at radius 3 is 2.23 bits per heavy atom. The normalized spacial score (nSPS) is 20.3. The van der Waals surface area contributed by atoms with Crippen LogP contribution in [0.5, 0.6) is 0 Å². The number of aromatic nitrogens is 2. The predicted molar refractivity (Wildman–Crippen MR) is 121 cm³/mol. The van der Waals surface area contributed by atoms with Crippen molar-refractivity contribution in [3.05, 3.63) is 41.1 Å². The van der Waals surface area contributed by atoms with Crippen molar-refractivity contribution in [3.8, 4) is 0 Å². The summed E-state index contributed by atoms with van der Waals surface area (Å²) >= 11 is 1.65. The van der Waals surface area contributed by atoms with Crippen LogP contribution in [-0.4, -0.2) is 100 Å². The summed E-state index contributed by atoms with van der Waals surface area (Å²) in [6, 6.07) is 3.73. The van der Waals surface area contributed by atoms with Crippen LogP contribution in [0.25, 0.3) is 0 Å². The van der Waals surface area contributed by atoms with Gasteiger partial charge in [-0.1, -0.05) is 0 Å². The quantitative estimate of drug-likeness (QED) is 0.514. The average molecular weight is 588 g/mol. The molecule has 2 N–H and O–H groups in total. The number of aliphatic carboxylic acids is 2. The maximum atomic E-state index is 12.4. The van der Waals surface area contributed by atoms with E-state index >= 15 is 0 Å². The third-order valence-corrected chi connectivity index (χ3v) is 5.73. The van der Waals surface area contributed by atoms with Gasteiger partial charge in [0.05, 0.1) is 38.2 Å². The summed E-state index contributed by atoms with van der Waals surface area (Å²) in [7, 11) is 0. The fourth-order valence-electron chi connectivity index (χ4n) is 3.29. The number of hydrogen-bond acceptors (Lipinski definition) is 9. The third-order valence-electron chi connectivity index (χ3n) is 4.96. The lowest BCUT2D eigenvalue weighted by molar-refractivity contribution is -0.193. The zero-order valence-corrected chi connectivity index (χ0v) is 20.6. The van der Waals surface area contributed by atoms with Crippen molar-refractivity contribution in [2.75, 3.05) is 44.4 Å². The van der Waals surface area contributed by atoms with Crippen molar-refractivity contribution in [2.45, 2.75) is 24.5 Å². The number of rotatable bonds is 3. The molecule has 1 amide bonds. The van der Waals surface area contributed by atoms with Gasteiger partial charge in [0.2, 0.25) is 0 Å². The molecule has 1 unspecified atom stereocenters. The lowest BCUT2D eigenvalue weighted by atomic mass is 10.0. The number of pyridine rings is 1. The topological polar surface area (TPSA) is 142 Å². The number of carbonyl (C=O) groups excluding carboxylic acids is 1. The molecule has 4 heterocycles. The van der Waals surface area contributed by atoms with Crippen LogP contribution in [0.3, 0.4) is 0 Å². The van der Waals surface area contributed by atoms with Crippen LogP contribution in [0.4, 0.5) is 32.0 Å². The summed E-state index contributed by atoms with van der Waals surface area (Å²) < 4.78 is 75.3. The zero-order chi connectivity index (χ0) is 29.3. The molecule has 1 spiro atoms. The number of thiazole rings is 1. The summed E-state index contributed by atoms with van der Waals surface area (Å²) in [6.07, 6.45) is -4.93. The molecule has 2 aliphatic rings. The van der Waals surface area contributed by atoms with Crippen molar-refractivity contribution in [2.24, 2.45) is 0 Å². The monoisotopic (exact) mass is 588 g/mol. The number of hydrogen-bond donors (Lipinski definition) is 2. The van der Waals surface area contributed by atoms with Gasteiger partial charge in [0.15, 0.2) is 0 Å². The Balaban J connectivity index is 0.000000317. The van der Waals surface area contributed by atoms with Gasteiger partial charge in [-0.25, -0.2) is 14.6 Å². The van der Waals surface area contributed by atoms with Crippen LogP contribution in [0, 0.1) is 0 Å². The van der Waals surface area contributed by atoms with Crippen molar-refractivity contribution < 1.29 is 60.4 Å². The minimum Gasteiger partial charge on any atom is -0.475 e. The van der Waals surface area contributed by atoms with E-state index in [-0.39, 0.29) is 12.5 Å². The molecule has 39 heavy (non-hydrogen) atoms. The highest BCUT2D eigenvalue weighted by atomic mass is 32.1. The Morgan fingerprint density at radius 1 is 1.08 bits per heavy atom. The largest absolute Gasteiger partial charge is 0.490 e. The van der Waals surface area contributed by atoms with Gasteiger partial charge in [0, 0.05) is 30.9 Å². The summed E-state index contributed by atoms with van der Waals surface area (Å²) in [5, 5.41) is 17.3. The molecule has 2 saturated heterocycles. The standard InChI is InChI=1S/C17H20N4O3S.2C2HF3O2/c22-16-10-24-17(12-21(16)14-2-1-3-18-8-14)11-20(5-6-23-13-17)9-15-19-4-7-25-15;2*3-2(4,5)1(6)7/h1-4,7-8H,5-6,9-13H2;2*(H,6,7). The first-order chi connectivity index (χ1) is 18.1. The summed E-state index contributed by atoms with van der Waals surface area (Å²) in [5.74, 6) is -5.56. The highest BCUT2D eigenvalue weighted by Crippen LogP contribution is 2.27. The molecule has 2 aromatic rings. The number of amides is 1. The summed E-state index contributed by atoms with van der Waals surface area (Å²) in [6.45, 7) is 3.95. The Bertz CT molecular complexity index is 1060. The van der Waals surface area contributed by atoms with Crippen LogP contribution in [0.2, 0.25) is 0 Å². The van der Waals surface area contributed by atoms with E-state index in [1.165, 1.54) is 0 Å². The van der Waals surface area contributed by atoms with Crippen LogP contribution in [-0.2, 0) is 30.4 Å². The van der Waals surface area contributed by atoms with Crippen molar-refractivity contribution >= 4 is 34.9 Å². The minimum atomic E-state index is -5.08. The van der Waals surface area contributed by atoms with E-state index in [9.17, 15) is 31.1 Å². The lowest BCUT2D eigenvalue weighted by Gasteiger charge is -2.42. The molecule has 216 valence electrons. The highest BCUT2D eigenvalue weighted by molar-refractivity contribution is 7.09. The number of nitrogens with zero attached hydrogens (tertiary/aromatic N) is 4. The molecule has 4 rings (SSSR count). The molecule has 0 radical (unpaired) electrons. The Hall–Kier alpha value is -3.35. The molecule has 0 aromatic carbocycles. The van der Waals surface area contributed by atoms with E-state index < -0.39 is 29.9 Å². The fraction of sp³-hybridized carbons (Fsp3) is 0.476. The van der Waals surface area contributed by atoms with Crippen molar-refractivity contribution in [3.63, 3.8) is 0 Å². The number of halogens is 6. The second-order valence-corrected chi connectivity index (χ2v) is 8.94. The Labute approximate surface area is 220 Å². The molecule has 0 saturated carbocycles. The van der Waals surface area contributed by atoms with E-state index in [2.05, 4.69) is 14.9 Å². The molecular weight excluding hydrogens is 566 g/mol. The molecular formula is C21H22F6N4O7S. The molecule has 0 bridgehead atoms. The highest BCUT2D eigenvalue weighted by Gasteiger charge is 2.43. The van der Waals surface area contributed by atoms with E-state index in [4.69, 9.17) is 29.3 Å². The maximum Gasteiger partial charge on any atom is 0.490 e. The lowest BCUT2D eigenvalue weighted by Crippen LogP contribution is -2.60. The van der Waals surface area contributed by atoms with Gasteiger partial charge in [-0.15, -0.1) is 11.3 Å². The molecule has 2 aliphatic heterocycles. The van der Waals surface area contributed by atoms with E-state index in [1.807, 2.05) is 23.7 Å². The van der Waals surface area contributed by atoms with Crippen LogP contribution >= 0.6 is 11.3 Å². The summed E-state index contributed by atoms with van der Waals surface area (Å²) in [4.78, 5) is 42.7. The van der Waals surface area contributed by atoms with Gasteiger partial charge in [0.25, 0.3) is 5.91 Å². The zero-order valence-electron chi connectivity index (χ0n) is 19.8. The molecule has 2 fully saturated rings. The Kier molecular flexibility index (Phi) is 11.1. The van der Waals surface area contributed by atoms with Gasteiger partial charge in [-0.2, -0.15) is 26.3 Å². The number of morpholine rings is 1. The number of alkyl halides is 6. The SMILES string of the molecule is O=C(O)C(F)(F)F.O=C(O)C(F)(F)F.O=C1COC2(COCCN(Cc3nccs3)C2)CN1c1cccnc1. The smallest absolute Gasteiger partial charge is 0.475 e. The van der Waals surface area contributed by atoms with Gasteiger partial charge < -0.3 is 24.6 Å². The predicted octanol–water partition coefficient (Wildman–Crippen LogP) is 2.44. The number of carboxylic acid groups (broad SMARTS) is 2. The number of carboxylic acids is 2. The van der Waals surface area contributed by atoms with E-state index in [1.54, 1.807) is 28.6 Å². The van der Waals surface area contributed by atoms with Gasteiger partial charge in [-0.05, 0) is 12.1 Å². The van der Waals surface area contributed by atoms with Crippen molar-refractivity contribution in [1.82, 2.24) is 14.9 Å². The number of anilines is 1. The van der Waals surface area contributed by atoms with E-state index in [0.29, 0.717) is 26.3 Å². The van der Waals surface area contributed by atoms with Crippen LogP contribution in [0.1, 0.15) is 5.01 Å². The summed E-state index contributed by atoms with van der Waals surface area (Å²) in [5.41, 5.74) is 0.267. The van der Waals surface area contributed by atoms with Crippen LogP contribution in [0.15, 0.2) is 36.1 Å². The molecule has 18 heteroatoms. The van der Waals surface area contributed by atoms with Gasteiger partial charge in [0.1, 0.15) is 17.2 Å². The molecule has 1 atom stereocenters. The fourth-order valence-corrected chi connectivity index (χ4v) is 3.95. The first kappa shape index (κ1) is 31.9. The Morgan fingerprint density at radius 2 is 1.72 bits per heavy atom. The maximum absolute atomic E-state index is 12.4. The second-order valence-electron chi connectivity index (χ2n) is 7.96. The third kappa shape index (κ3) is 10.4. The average Bonchev–Trinajstić information content (AvgIpc) is 3.28.